The fourth-order valence-corrected chi connectivity index (χ4v) is 3.95. The third-order valence-corrected chi connectivity index (χ3v) is 5.37. The molecule has 4 rings (SSSR count). The summed E-state index contributed by atoms with van der Waals surface area (Å²) in [6.45, 7) is 2.54. The van der Waals surface area contributed by atoms with Gasteiger partial charge in [0.05, 0.1) is 11.6 Å². The van der Waals surface area contributed by atoms with Gasteiger partial charge in [0, 0.05) is 19.3 Å². The van der Waals surface area contributed by atoms with E-state index in [9.17, 15) is 15.0 Å². The molecule has 27 heavy (non-hydrogen) atoms. The average Bonchev–Trinajstić information content (AvgIpc) is 3.12. The number of fused-ring (bicyclic) bond motifs is 1. The van der Waals surface area contributed by atoms with Crippen molar-refractivity contribution >= 4 is 22.8 Å². The zero-order valence-electron chi connectivity index (χ0n) is 15.1. The molecule has 1 saturated heterocycles. The van der Waals surface area contributed by atoms with Crippen LogP contribution in [0.4, 0.5) is 5.82 Å². The molecule has 2 atom stereocenters. The fraction of sp³-hybridized carbons (Fsp3) is 0.350. The van der Waals surface area contributed by atoms with Gasteiger partial charge in [0.25, 0.3) is 0 Å². The normalized spacial score (nSPS) is 22.9. The van der Waals surface area contributed by atoms with E-state index in [-0.39, 0.29) is 13.0 Å². The standard InChI is InChI=1S/C20H22N4O3/c1-13-22-15-7-9-21-17(15)18(23-13)24-10-8-16(25)20(12-24,19(26)27)11-14-5-3-2-4-6-14/h2-7,9,16,21,25H,8,10-12H2,1H3,(H,26,27)/t16-,20-/m1/s1. The molecular weight excluding hydrogens is 344 g/mol. The van der Waals surface area contributed by atoms with E-state index in [0.717, 1.165) is 16.6 Å². The smallest absolute Gasteiger partial charge is 0.314 e. The molecule has 2 aromatic heterocycles. The minimum atomic E-state index is -1.29. The fourth-order valence-electron chi connectivity index (χ4n) is 3.95. The zero-order chi connectivity index (χ0) is 19.0. The van der Waals surface area contributed by atoms with Crippen LogP contribution in [0.15, 0.2) is 42.6 Å². The van der Waals surface area contributed by atoms with Crippen LogP contribution in [0.2, 0.25) is 0 Å². The lowest BCUT2D eigenvalue weighted by Gasteiger charge is -2.44. The first-order valence-electron chi connectivity index (χ1n) is 9.02. The lowest BCUT2D eigenvalue weighted by Crippen LogP contribution is -2.57. The highest BCUT2D eigenvalue weighted by Gasteiger charge is 2.49. The van der Waals surface area contributed by atoms with Crippen LogP contribution in [0.25, 0.3) is 11.0 Å². The molecule has 0 unspecified atom stereocenters. The second-order valence-electron chi connectivity index (χ2n) is 7.18. The SMILES string of the molecule is Cc1nc(N2CC[C@@H](O)[C@](Cc3ccccc3)(C(=O)O)C2)c2[nH]ccc2n1. The molecule has 1 aromatic carbocycles. The van der Waals surface area contributed by atoms with Crippen molar-refractivity contribution in [1.29, 1.82) is 0 Å². The molecule has 3 heterocycles. The number of aromatic amines is 1. The molecule has 0 bridgehead atoms. The highest BCUT2D eigenvalue weighted by molar-refractivity contribution is 5.87. The van der Waals surface area contributed by atoms with Gasteiger partial charge in [-0.3, -0.25) is 4.79 Å². The largest absolute Gasteiger partial charge is 0.481 e. The van der Waals surface area contributed by atoms with Crippen LogP contribution in [0.5, 0.6) is 0 Å². The summed E-state index contributed by atoms with van der Waals surface area (Å²) in [6.07, 6.45) is 1.51. The summed E-state index contributed by atoms with van der Waals surface area (Å²) in [7, 11) is 0. The summed E-state index contributed by atoms with van der Waals surface area (Å²) in [4.78, 5) is 26.4. The van der Waals surface area contributed by atoms with Gasteiger partial charge in [-0.2, -0.15) is 0 Å². The summed E-state index contributed by atoms with van der Waals surface area (Å²) < 4.78 is 0. The van der Waals surface area contributed by atoms with E-state index in [1.807, 2.05) is 48.2 Å². The first-order chi connectivity index (χ1) is 13.0. The van der Waals surface area contributed by atoms with Gasteiger partial charge in [0.15, 0.2) is 5.82 Å². The van der Waals surface area contributed by atoms with Gasteiger partial charge in [0.2, 0.25) is 0 Å². The monoisotopic (exact) mass is 366 g/mol. The molecule has 0 saturated carbocycles. The van der Waals surface area contributed by atoms with Gasteiger partial charge in [0.1, 0.15) is 16.8 Å². The number of aliphatic carboxylic acids is 1. The number of rotatable bonds is 4. The summed E-state index contributed by atoms with van der Waals surface area (Å²) in [5.41, 5.74) is 1.19. The van der Waals surface area contributed by atoms with Crippen molar-refractivity contribution in [2.24, 2.45) is 5.41 Å². The van der Waals surface area contributed by atoms with Crippen molar-refractivity contribution in [2.75, 3.05) is 18.0 Å². The van der Waals surface area contributed by atoms with E-state index in [0.29, 0.717) is 24.6 Å². The summed E-state index contributed by atoms with van der Waals surface area (Å²) in [5, 5.41) is 20.8. The van der Waals surface area contributed by atoms with Gasteiger partial charge in [-0.25, -0.2) is 9.97 Å². The minimum Gasteiger partial charge on any atom is -0.481 e. The van der Waals surface area contributed by atoms with E-state index in [1.54, 1.807) is 6.20 Å². The second-order valence-corrected chi connectivity index (χ2v) is 7.18. The molecular formula is C20H22N4O3. The molecule has 0 spiro atoms. The maximum Gasteiger partial charge on any atom is 0.314 e. The van der Waals surface area contributed by atoms with Crippen molar-refractivity contribution in [3.8, 4) is 0 Å². The van der Waals surface area contributed by atoms with Crippen molar-refractivity contribution in [1.82, 2.24) is 15.0 Å². The van der Waals surface area contributed by atoms with E-state index in [1.165, 1.54) is 0 Å². The Labute approximate surface area is 156 Å². The van der Waals surface area contributed by atoms with Crippen LogP contribution in [0, 0.1) is 12.3 Å². The van der Waals surface area contributed by atoms with Gasteiger partial charge < -0.3 is 20.1 Å². The van der Waals surface area contributed by atoms with Crippen LogP contribution in [-0.4, -0.2) is 50.3 Å². The molecule has 1 fully saturated rings. The predicted molar refractivity (Wildman–Crippen MR) is 102 cm³/mol. The molecule has 1 aliphatic rings. The topological polar surface area (TPSA) is 102 Å². The maximum absolute atomic E-state index is 12.3. The number of hydrogen-bond acceptors (Lipinski definition) is 5. The van der Waals surface area contributed by atoms with Crippen molar-refractivity contribution in [3.63, 3.8) is 0 Å². The number of carboxylic acids is 1. The molecule has 0 amide bonds. The predicted octanol–water partition coefficient (Wildman–Crippen LogP) is 2.15. The molecule has 140 valence electrons. The highest BCUT2D eigenvalue weighted by atomic mass is 16.4. The molecule has 0 aliphatic carbocycles. The van der Waals surface area contributed by atoms with E-state index in [4.69, 9.17) is 0 Å². The molecule has 1 aliphatic heterocycles. The van der Waals surface area contributed by atoms with Crippen LogP contribution >= 0.6 is 0 Å². The number of aromatic nitrogens is 3. The van der Waals surface area contributed by atoms with Crippen LogP contribution in [0.1, 0.15) is 17.8 Å². The van der Waals surface area contributed by atoms with Gasteiger partial charge in [-0.1, -0.05) is 30.3 Å². The Morgan fingerprint density at radius 1 is 1.30 bits per heavy atom. The van der Waals surface area contributed by atoms with Crippen molar-refractivity contribution in [3.05, 3.63) is 54.0 Å². The van der Waals surface area contributed by atoms with Crippen LogP contribution in [0.3, 0.4) is 0 Å². The molecule has 3 aromatic rings. The van der Waals surface area contributed by atoms with Crippen molar-refractivity contribution in [2.45, 2.75) is 25.9 Å². The summed E-state index contributed by atoms with van der Waals surface area (Å²) in [6, 6.07) is 11.3. The Balaban J connectivity index is 1.74. The lowest BCUT2D eigenvalue weighted by molar-refractivity contribution is -0.157. The number of H-pyrrole nitrogens is 1. The van der Waals surface area contributed by atoms with Crippen LogP contribution in [-0.2, 0) is 11.2 Å². The number of carboxylic acid groups (broad SMARTS) is 1. The van der Waals surface area contributed by atoms with E-state index in [2.05, 4.69) is 15.0 Å². The number of nitrogens with one attached hydrogen (secondary N) is 1. The number of aliphatic hydroxyl groups is 1. The number of benzene rings is 1. The average molecular weight is 366 g/mol. The molecule has 0 radical (unpaired) electrons. The third kappa shape index (κ3) is 3.04. The number of hydrogen-bond donors (Lipinski definition) is 3. The minimum absolute atomic E-state index is 0.183. The van der Waals surface area contributed by atoms with Crippen LogP contribution < -0.4 is 4.90 Å². The Bertz CT molecular complexity index is 972. The number of nitrogens with zero attached hydrogens (tertiary/aromatic N) is 3. The van der Waals surface area contributed by atoms with Gasteiger partial charge in [-0.15, -0.1) is 0 Å². The molecule has 7 heteroatoms. The van der Waals surface area contributed by atoms with Gasteiger partial charge >= 0.3 is 5.97 Å². The summed E-state index contributed by atoms with van der Waals surface area (Å²) >= 11 is 0. The summed E-state index contributed by atoms with van der Waals surface area (Å²) in [5.74, 6) is 0.331. The number of piperidine rings is 1. The number of anilines is 1. The Morgan fingerprint density at radius 3 is 2.81 bits per heavy atom. The zero-order valence-corrected chi connectivity index (χ0v) is 15.1. The Morgan fingerprint density at radius 2 is 2.07 bits per heavy atom. The second kappa shape index (κ2) is 6.66. The lowest BCUT2D eigenvalue weighted by atomic mass is 9.73. The number of aliphatic hydroxyl groups excluding tert-OH is 1. The quantitative estimate of drug-likeness (QED) is 0.654. The first kappa shape index (κ1) is 17.5. The number of carbonyl (C=O) groups is 1. The molecule has 7 nitrogen and oxygen atoms in total. The molecule has 3 N–H and O–H groups in total. The van der Waals surface area contributed by atoms with E-state index >= 15 is 0 Å². The van der Waals surface area contributed by atoms with Gasteiger partial charge in [-0.05, 0) is 31.4 Å². The first-order valence-corrected chi connectivity index (χ1v) is 9.02. The Hall–Kier alpha value is -2.93. The van der Waals surface area contributed by atoms with Crippen molar-refractivity contribution < 1.29 is 15.0 Å². The highest BCUT2D eigenvalue weighted by Crippen LogP contribution is 2.37. The Kier molecular flexibility index (Phi) is 4.31. The third-order valence-electron chi connectivity index (χ3n) is 5.37. The van der Waals surface area contributed by atoms with E-state index < -0.39 is 17.5 Å². The maximum atomic E-state index is 12.3. The number of aryl methyl sites for hydroxylation is 1.